The highest BCUT2D eigenvalue weighted by molar-refractivity contribution is 14.0. The third kappa shape index (κ3) is 8.93. The van der Waals surface area contributed by atoms with Gasteiger partial charge in [0.25, 0.3) is 0 Å². The maximum absolute atomic E-state index is 11.9. The van der Waals surface area contributed by atoms with E-state index in [2.05, 4.69) is 25.8 Å². The zero-order chi connectivity index (χ0) is 19.6. The number of guanidine groups is 1. The third-order valence-electron chi connectivity index (χ3n) is 5.39. The van der Waals surface area contributed by atoms with Gasteiger partial charge in [-0.1, -0.05) is 19.3 Å². The quantitative estimate of drug-likeness (QED) is 0.280. The minimum absolute atomic E-state index is 0. The fourth-order valence-electron chi connectivity index (χ4n) is 3.57. The number of piperidine rings is 1. The lowest BCUT2D eigenvalue weighted by Gasteiger charge is -2.33. The van der Waals surface area contributed by atoms with Crippen LogP contribution in [-0.2, 0) is 9.59 Å². The van der Waals surface area contributed by atoms with E-state index in [1.807, 2.05) is 0 Å². The van der Waals surface area contributed by atoms with Crippen molar-refractivity contribution < 1.29 is 9.59 Å². The zero-order valence-electron chi connectivity index (χ0n) is 17.5. The number of halogens is 1. The Hall–Kier alpha value is -1.10. The van der Waals surface area contributed by atoms with Crippen LogP contribution in [0.4, 0.5) is 0 Å². The summed E-state index contributed by atoms with van der Waals surface area (Å²) in [5, 5.41) is 9.74. The second kappa shape index (κ2) is 13.2. The van der Waals surface area contributed by atoms with Crippen molar-refractivity contribution in [3.8, 4) is 0 Å². The molecule has 2 amide bonds. The highest BCUT2D eigenvalue weighted by atomic mass is 127. The molecule has 162 valence electrons. The second-order valence-electron chi connectivity index (χ2n) is 7.80. The van der Waals surface area contributed by atoms with Gasteiger partial charge in [0, 0.05) is 46.3 Å². The van der Waals surface area contributed by atoms with E-state index in [0.717, 1.165) is 44.7 Å². The van der Waals surface area contributed by atoms with Gasteiger partial charge >= 0.3 is 0 Å². The number of rotatable bonds is 6. The van der Waals surface area contributed by atoms with Gasteiger partial charge in [0.15, 0.2) is 5.96 Å². The van der Waals surface area contributed by atoms with E-state index in [0.29, 0.717) is 18.6 Å². The van der Waals surface area contributed by atoms with Crippen LogP contribution in [0, 0.1) is 0 Å². The van der Waals surface area contributed by atoms with Gasteiger partial charge < -0.3 is 20.9 Å². The van der Waals surface area contributed by atoms with E-state index in [1.54, 1.807) is 26.0 Å². The Morgan fingerprint density at radius 2 is 1.57 bits per heavy atom. The van der Waals surface area contributed by atoms with E-state index in [9.17, 15) is 9.59 Å². The predicted octanol–water partition coefficient (Wildman–Crippen LogP) is 0.771. The smallest absolute Gasteiger partial charge is 0.243 e. The molecule has 0 aromatic heterocycles. The van der Waals surface area contributed by atoms with Gasteiger partial charge in [-0.05, 0) is 25.7 Å². The molecule has 28 heavy (non-hydrogen) atoms. The molecule has 1 saturated heterocycles. The fraction of sp³-hybridized carbons (Fsp3) is 0.842. The zero-order valence-corrected chi connectivity index (χ0v) is 19.8. The van der Waals surface area contributed by atoms with Crippen molar-refractivity contribution >= 4 is 41.8 Å². The number of carbonyl (C=O) groups is 2. The fourth-order valence-corrected chi connectivity index (χ4v) is 3.57. The maximum Gasteiger partial charge on any atom is 0.243 e. The van der Waals surface area contributed by atoms with E-state index in [4.69, 9.17) is 0 Å². The first-order valence-electron chi connectivity index (χ1n) is 10.2. The Morgan fingerprint density at radius 3 is 2.11 bits per heavy atom. The molecule has 0 unspecified atom stereocenters. The lowest BCUT2D eigenvalue weighted by Crippen LogP contribution is -2.52. The van der Waals surface area contributed by atoms with Crippen molar-refractivity contribution in [2.24, 2.45) is 4.99 Å². The summed E-state index contributed by atoms with van der Waals surface area (Å²) in [5.41, 5.74) is 0. The molecule has 1 saturated carbocycles. The van der Waals surface area contributed by atoms with Gasteiger partial charge in [0.05, 0.1) is 6.54 Å². The van der Waals surface area contributed by atoms with Crippen LogP contribution in [0.15, 0.2) is 4.99 Å². The number of aliphatic imine (C=N–C) groups is 1. The third-order valence-corrected chi connectivity index (χ3v) is 5.39. The summed E-state index contributed by atoms with van der Waals surface area (Å²) in [6, 6.07) is 0.753. The average molecular weight is 508 g/mol. The Balaban J connectivity index is 0.00000392. The first kappa shape index (κ1) is 24.9. The van der Waals surface area contributed by atoms with Gasteiger partial charge in [-0.25, -0.2) is 4.99 Å². The first-order valence-corrected chi connectivity index (χ1v) is 10.2. The lowest BCUT2D eigenvalue weighted by atomic mass is 9.95. The van der Waals surface area contributed by atoms with Crippen LogP contribution < -0.4 is 16.0 Å². The van der Waals surface area contributed by atoms with Crippen molar-refractivity contribution in [1.29, 1.82) is 0 Å². The van der Waals surface area contributed by atoms with E-state index >= 15 is 0 Å². The number of carbonyl (C=O) groups excluding carboxylic acids is 2. The predicted molar refractivity (Wildman–Crippen MR) is 123 cm³/mol. The Bertz CT molecular complexity index is 515. The molecule has 9 heteroatoms. The van der Waals surface area contributed by atoms with Crippen LogP contribution in [-0.4, -0.2) is 87.0 Å². The Morgan fingerprint density at radius 1 is 1.00 bits per heavy atom. The van der Waals surface area contributed by atoms with Crippen LogP contribution in [0.2, 0.25) is 0 Å². The molecular weight excluding hydrogens is 471 g/mol. The minimum Gasteiger partial charge on any atom is -0.358 e. The largest absolute Gasteiger partial charge is 0.358 e. The number of nitrogens with zero attached hydrogens (tertiary/aromatic N) is 3. The van der Waals surface area contributed by atoms with E-state index < -0.39 is 0 Å². The summed E-state index contributed by atoms with van der Waals surface area (Å²) in [4.78, 5) is 31.7. The van der Waals surface area contributed by atoms with Crippen molar-refractivity contribution in [2.75, 3.05) is 47.3 Å². The van der Waals surface area contributed by atoms with Crippen molar-refractivity contribution in [3.05, 3.63) is 0 Å². The van der Waals surface area contributed by atoms with Crippen LogP contribution in [0.5, 0.6) is 0 Å². The molecule has 0 aromatic rings. The summed E-state index contributed by atoms with van der Waals surface area (Å²) >= 11 is 0. The molecule has 2 aliphatic rings. The molecule has 2 rings (SSSR count). The molecule has 2 fully saturated rings. The van der Waals surface area contributed by atoms with E-state index in [1.165, 1.54) is 19.3 Å². The molecule has 0 radical (unpaired) electrons. The Labute approximate surface area is 186 Å². The first-order chi connectivity index (χ1) is 13.0. The van der Waals surface area contributed by atoms with E-state index in [-0.39, 0.29) is 42.3 Å². The summed E-state index contributed by atoms with van der Waals surface area (Å²) in [5.74, 6) is 0.812. The monoisotopic (exact) mass is 508 g/mol. The topological polar surface area (TPSA) is 89.1 Å². The van der Waals surface area contributed by atoms with Crippen LogP contribution >= 0.6 is 24.0 Å². The number of likely N-dealkylation sites (N-methyl/N-ethyl adjacent to an activating group) is 2. The summed E-state index contributed by atoms with van der Waals surface area (Å²) in [7, 11) is 5.18. The molecule has 3 N–H and O–H groups in total. The molecule has 0 aromatic carbocycles. The van der Waals surface area contributed by atoms with Gasteiger partial charge in [0.2, 0.25) is 11.8 Å². The van der Waals surface area contributed by atoms with Gasteiger partial charge in [-0.3, -0.25) is 14.5 Å². The molecular formula is C19H37IN6O2. The van der Waals surface area contributed by atoms with Crippen molar-refractivity contribution in [3.63, 3.8) is 0 Å². The van der Waals surface area contributed by atoms with Crippen LogP contribution in [0.1, 0.15) is 44.9 Å². The SMILES string of the molecule is CNC(=O)CN1CCC(NC(=NCC(=O)N(C)C)NC2CCCCC2)CC1.I. The lowest BCUT2D eigenvalue weighted by molar-refractivity contribution is -0.127. The van der Waals surface area contributed by atoms with Crippen molar-refractivity contribution in [2.45, 2.75) is 57.0 Å². The highest BCUT2D eigenvalue weighted by Gasteiger charge is 2.23. The number of amides is 2. The molecule has 1 heterocycles. The van der Waals surface area contributed by atoms with Crippen molar-refractivity contribution in [1.82, 2.24) is 25.8 Å². The number of hydrogen-bond acceptors (Lipinski definition) is 4. The molecule has 0 bridgehead atoms. The molecule has 1 aliphatic carbocycles. The Kier molecular flexibility index (Phi) is 11.7. The van der Waals surface area contributed by atoms with Gasteiger partial charge in [-0.2, -0.15) is 0 Å². The standard InChI is InChI=1S/C19H36N6O2.HI/c1-20-17(26)14-25-11-9-16(10-12-25)23-19(21-13-18(27)24(2)3)22-15-7-5-4-6-8-15;/h15-16H,4-14H2,1-3H3,(H,20,26)(H2,21,22,23);1H. The molecule has 8 nitrogen and oxygen atoms in total. The summed E-state index contributed by atoms with van der Waals surface area (Å²) in [6.07, 6.45) is 8.05. The average Bonchev–Trinajstić information content (AvgIpc) is 2.67. The number of likely N-dealkylation sites (tertiary alicyclic amines) is 1. The normalized spacial score (nSPS) is 19.5. The number of hydrogen-bond donors (Lipinski definition) is 3. The highest BCUT2D eigenvalue weighted by Crippen LogP contribution is 2.17. The summed E-state index contributed by atoms with van der Waals surface area (Å²) < 4.78 is 0. The minimum atomic E-state index is 0. The van der Waals surface area contributed by atoms with Gasteiger partial charge in [-0.15, -0.1) is 24.0 Å². The van der Waals surface area contributed by atoms with Crippen LogP contribution in [0.25, 0.3) is 0 Å². The molecule has 0 spiro atoms. The molecule has 1 aliphatic heterocycles. The van der Waals surface area contributed by atoms with Crippen LogP contribution in [0.3, 0.4) is 0 Å². The van der Waals surface area contributed by atoms with Gasteiger partial charge in [0.1, 0.15) is 6.54 Å². The second-order valence-corrected chi connectivity index (χ2v) is 7.80. The maximum atomic E-state index is 11.9. The number of nitrogens with one attached hydrogen (secondary N) is 3. The summed E-state index contributed by atoms with van der Waals surface area (Å²) in [6.45, 7) is 2.39. The molecule has 0 atom stereocenters.